The van der Waals surface area contributed by atoms with E-state index in [2.05, 4.69) is 37.1 Å². The molecule has 0 N–H and O–H groups in total. The Hall–Kier alpha value is -0.340. The zero-order valence-corrected chi connectivity index (χ0v) is 13.5. The van der Waals surface area contributed by atoms with Crippen molar-refractivity contribution in [3.8, 4) is 0 Å². The highest BCUT2D eigenvalue weighted by atomic mass is 15.3. The molecule has 1 saturated heterocycles. The molecule has 0 unspecified atom stereocenters. The Bertz CT molecular complexity index is 240. The van der Waals surface area contributed by atoms with E-state index < -0.39 is 0 Å². The molecule has 112 valence electrons. The van der Waals surface area contributed by atoms with Crippen molar-refractivity contribution >= 4 is 0 Å². The van der Waals surface area contributed by atoms with Crippen LogP contribution < -0.4 is 0 Å². The van der Waals surface area contributed by atoms with Crippen molar-refractivity contribution in [2.45, 2.75) is 52.9 Å². The van der Waals surface area contributed by atoms with Crippen LogP contribution in [-0.4, -0.2) is 49.1 Å². The Balaban J connectivity index is 2.00. The molecule has 1 heterocycles. The normalized spacial score (nSPS) is 18.1. The molecule has 0 amide bonds. The van der Waals surface area contributed by atoms with E-state index in [9.17, 15) is 0 Å². The Morgan fingerprint density at radius 1 is 0.947 bits per heavy atom. The van der Waals surface area contributed by atoms with Crippen molar-refractivity contribution in [3.05, 3.63) is 12.2 Å². The van der Waals surface area contributed by atoms with Gasteiger partial charge in [-0.15, -0.1) is 6.58 Å². The van der Waals surface area contributed by atoms with E-state index in [4.69, 9.17) is 0 Å². The molecular weight excluding hydrogens is 232 g/mol. The van der Waals surface area contributed by atoms with Crippen LogP contribution in [0.3, 0.4) is 0 Å². The Labute approximate surface area is 120 Å². The monoisotopic (exact) mass is 266 g/mol. The van der Waals surface area contributed by atoms with Crippen molar-refractivity contribution in [2.75, 3.05) is 39.3 Å². The van der Waals surface area contributed by atoms with Crippen LogP contribution in [0.25, 0.3) is 0 Å². The lowest BCUT2D eigenvalue weighted by Gasteiger charge is -2.34. The van der Waals surface area contributed by atoms with Gasteiger partial charge in [-0.05, 0) is 45.2 Å². The van der Waals surface area contributed by atoms with Gasteiger partial charge in [-0.3, -0.25) is 0 Å². The first-order valence-corrected chi connectivity index (χ1v) is 8.17. The minimum absolute atomic E-state index is 0.866. The van der Waals surface area contributed by atoms with Gasteiger partial charge in [0.2, 0.25) is 0 Å². The second kappa shape index (κ2) is 9.55. The fourth-order valence-corrected chi connectivity index (χ4v) is 2.73. The van der Waals surface area contributed by atoms with E-state index >= 15 is 0 Å². The maximum Gasteiger partial charge on any atom is 0.0110 e. The van der Waals surface area contributed by atoms with Crippen molar-refractivity contribution in [3.63, 3.8) is 0 Å². The van der Waals surface area contributed by atoms with Crippen LogP contribution in [0.2, 0.25) is 0 Å². The summed E-state index contributed by atoms with van der Waals surface area (Å²) in [6.07, 6.45) is 6.64. The Morgan fingerprint density at radius 3 is 1.95 bits per heavy atom. The minimum Gasteiger partial charge on any atom is -0.301 e. The predicted octanol–water partition coefficient (Wildman–Crippen LogP) is 3.79. The fourth-order valence-electron chi connectivity index (χ4n) is 2.73. The van der Waals surface area contributed by atoms with E-state index in [1.165, 1.54) is 76.9 Å². The molecule has 0 aromatic rings. The maximum absolute atomic E-state index is 3.98. The third-order valence-electron chi connectivity index (χ3n) is 4.05. The van der Waals surface area contributed by atoms with Gasteiger partial charge >= 0.3 is 0 Å². The third-order valence-corrected chi connectivity index (χ3v) is 4.05. The lowest BCUT2D eigenvalue weighted by molar-refractivity contribution is 0.129. The van der Waals surface area contributed by atoms with E-state index in [1.54, 1.807) is 0 Å². The first kappa shape index (κ1) is 16.7. The zero-order chi connectivity index (χ0) is 14.1. The number of rotatable bonds is 9. The summed E-state index contributed by atoms with van der Waals surface area (Å²) in [4.78, 5) is 5.27. The van der Waals surface area contributed by atoms with Crippen molar-refractivity contribution in [2.24, 2.45) is 5.92 Å². The number of nitrogens with zero attached hydrogens (tertiary/aromatic N) is 2. The summed E-state index contributed by atoms with van der Waals surface area (Å²) >= 11 is 0. The van der Waals surface area contributed by atoms with Crippen LogP contribution in [0.4, 0.5) is 0 Å². The highest BCUT2D eigenvalue weighted by Crippen LogP contribution is 2.10. The molecule has 2 nitrogen and oxygen atoms in total. The highest BCUT2D eigenvalue weighted by molar-refractivity contribution is 4.87. The Kier molecular flexibility index (Phi) is 8.40. The first-order chi connectivity index (χ1) is 9.08. The summed E-state index contributed by atoms with van der Waals surface area (Å²) in [6, 6.07) is 0. The number of unbranched alkanes of at least 4 members (excludes halogenated alkanes) is 1. The second-order valence-corrected chi connectivity index (χ2v) is 6.63. The van der Waals surface area contributed by atoms with Gasteiger partial charge in [0.15, 0.2) is 0 Å². The standard InChI is InChI=1S/C17H34N2/c1-16(2)8-5-6-10-18-12-14-19(15-13-18)11-7-9-17(3)4/h16H,3,5-15H2,1-2,4H3. The third kappa shape index (κ3) is 8.43. The molecule has 0 atom stereocenters. The topological polar surface area (TPSA) is 6.48 Å². The molecule has 0 aromatic carbocycles. The van der Waals surface area contributed by atoms with E-state index in [0.717, 1.165) is 5.92 Å². The molecule has 0 radical (unpaired) electrons. The summed E-state index contributed by atoms with van der Waals surface area (Å²) in [7, 11) is 0. The molecule has 19 heavy (non-hydrogen) atoms. The molecule has 1 aliphatic heterocycles. The van der Waals surface area contributed by atoms with Gasteiger partial charge in [0, 0.05) is 26.2 Å². The van der Waals surface area contributed by atoms with Gasteiger partial charge < -0.3 is 9.80 Å². The smallest absolute Gasteiger partial charge is 0.0110 e. The summed E-state index contributed by atoms with van der Waals surface area (Å²) in [6.45, 7) is 18.4. The van der Waals surface area contributed by atoms with Crippen molar-refractivity contribution in [1.29, 1.82) is 0 Å². The number of hydrogen-bond acceptors (Lipinski definition) is 2. The van der Waals surface area contributed by atoms with E-state index in [1.807, 2.05) is 0 Å². The Morgan fingerprint density at radius 2 is 1.47 bits per heavy atom. The fraction of sp³-hybridized carbons (Fsp3) is 0.882. The summed E-state index contributed by atoms with van der Waals surface area (Å²) in [5.41, 5.74) is 1.32. The summed E-state index contributed by atoms with van der Waals surface area (Å²) in [5, 5.41) is 0. The molecule has 1 rings (SSSR count). The lowest BCUT2D eigenvalue weighted by atomic mass is 10.1. The van der Waals surface area contributed by atoms with Crippen LogP contribution in [0.1, 0.15) is 52.9 Å². The second-order valence-electron chi connectivity index (χ2n) is 6.63. The molecule has 2 heteroatoms. The average molecular weight is 266 g/mol. The predicted molar refractivity (Wildman–Crippen MR) is 85.6 cm³/mol. The summed E-state index contributed by atoms with van der Waals surface area (Å²) < 4.78 is 0. The van der Waals surface area contributed by atoms with Gasteiger partial charge in [0.1, 0.15) is 0 Å². The van der Waals surface area contributed by atoms with Crippen LogP contribution in [-0.2, 0) is 0 Å². The lowest BCUT2D eigenvalue weighted by Crippen LogP contribution is -2.46. The molecule has 0 aromatic heterocycles. The van der Waals surface area contributed by atoms with E-state index in [-0.39, 0.29) is 0 Å². The molecule has 1 fully saturated rings. The molecular formula is C17H34N2. The van der Waals surface area contributed by atoms with Crippen LogP contribution >= 0.6 is 0 Å². The van der Waals surface area contributed by atoms with Crippen LogP contribution in [0, 0.1) is 5.92 Å². The quantitative estimate of drug-likeness (QED) is 0.463. The minimum atomic E-state index is 0.866. The molecule has 0 saturated carbocycles. The van der Waals surface area contributed by atoms with Gasteiger partial charge in [-0.2, -0.15) is 0 Å². The SMILES string of the molecule is C=C(C)CCCN1CCN(CCCCC(C)C)CC1. The van der Waals surface area contributed by atoms with Crippen molar-refractivity contribution in [1.82, 2.24) is 9.80 Å². The number of hydrogen-bond donors (Lipinski definition) is 0. The zero-order valence-electron chi connectivity index (χ0n) is 13.5. The van der Waals surface area contributed by atoms with Gasteiger partial charge in [-0.25, -0.2) is 0 Å². The largest absolute Gasteiger partial charge is 0.301 e. The molecule has 1 aliphatic rings. The average Bonchev–Trinajstić information content (AvgIpc) is 2.36. The number of allylic oxidation sites excluding steroid dienone is 1. The molecule has 0 spiro atoms. The van der Waals surface area contributed by atoms with Gasteiger partial charge in [0.05, 0.1) is 0 Å². The number of piperazine rings is 1. The van der Waals surface area contributed by atoms with Gasteiger partial charge in [0.25, 0.3) is 0 Å². The first-order valence-electron chi connectivity index (χ1n) is 8.17. The van der Waals surface area contributed by atoms with Gasteiger partial charge in [-0.1, -0.05) is 32.3 Å². The maximum atomic E-state index is 3.98. The van der Waals surface area contributed by atoms with Crippen LogP contribution in [0.5, 0.6) is 0 Å². The highest BCUT2D eigenvalue weighted by Gasteiger charge is 2.15. The van der Waals surface area contributed by atoms with Crippen molar-refractivity contribution < 1.29 is 0 Å². The molecule has 0 aliphatic carbocycles. The van der Waals surface area contributed by atoms with Crippen LogP contribution in [0.15, 0.2) is 12.2 Å². The van der Waals surface area contributed by atoms with E-state index in [0.29, 0.717) is 0 Å². The molecule has 0 bridgehead atoms. The summed E-state index contributed by atoms with van der Waals surface area (Å²) in [5.74, 6) is 0.866.